The minimum absolute atomic E-state index is 0.604. The molecule has 3 heteroatoms. The van der Waals surface area contributed by atoms with Gasteiger partial charge in [-0.3, -0.25) is 0 Å². The van der Waals surface area contributed by atoms with Crippen LogP contribution in [0.2, 0.25) is 0 Å². The molecule has 0 fully saturated rings. The van der Waals surface area contributed by atoms with Gasteiger partial charge in [-0.25, -0.2) is 0 Å². The quantitative estimate of drug-likeness (QED) is 0.735. The zero-order valence-corrected chi connectivity index (χ0v) is 12.8. The normalized spacial score (nSPS) is 12.5. The van der Waals surface area contributed by atoms with Crippen LogP contribution in [0.25, 0.3) is 10.1 Å². The fraction of sp³-hybridized carbons (Fsp3) is 0.222. The van der Waals surface area contributed by atoms with E-state index in [1.807, 2.05) is 36.4 Å². The highest BCUT2D eigenvalue weighted by molar-refractivity contribution is 7.17. The second-order valence-electron chi connectivity index (χ2n) is 5.01. The summed E-state index contributed by atoms with van der Waals surface area (Å²) in [5, 5.41) is 13.9. The lowest BCUT2D eigenvalue weighted by molar-refractivity contribution is 0.222. The second kappa shape index (κ2) is 6.29. The summed E-state index contributed by atoms with van der Waals surface area (Å²) in [4.78, 5) is 0. The van der Waals surface area contributed by atoms with Crippen LogP contribution in [0.1, 0.15) is 30.6 Å². The minimum Gasteiger partial charge on any atom is -0.494 e. The standard InChI is InChI=1S/C18H18O2S/c1-2-11-20-15-8-6-13(7-9-15)17(19)16-5-3-4-14-10-12-21-18(14)16/h3-10,12,17,19H,2,11H2,1H3. The van der Waals surface area contributed by atoms with Crippen molar-refractivity contribution in [2.24, 2.45) is 0 Å². The number of hydrogen-bond acceptors (Lipinski definition) is 3. The van der Waals surface area contributed by atoms with Crippen LogP contribution in [0.15, 0.2) is 53.9 Å². The highest BCUT2D eigenvalue weighted by Crippen LogP contribution is 2.32. The molecule has 1 heterocycles. The van der Waals surface area contributed by atoms with Crippen LogP contribution in [-0.4, -0.2) is 11.7 Å². The highest BCUT2D eigenvalue weighted by atomic mass is 32.1. The molecule has 2 nitrogen and oxygen atoms in total. The Hall–Kier alpha value is -1.84. The molecule has 0 amide bonds. The maximum absolute atomic E-state index is 10.6. The Bertz CT molecular complexity index is 715. The smallest absolute Gasteiger partial charge is 0.119 e. The fourth-order valence-corrected chi connectivity index (χ4v) is 3.32. The number of thiophene rings is 1. The van der Waals surface area contributed by atoms with Crippen LogP contribution >= 0.6 is 11.3 Å². The van der Waals surface area contributed by atoms with Crippen molar-refractivity contribution in [1.29, 1.82) is 0 Å². The number of aliphatic hydroxyl groups is 1. The van der Waals surface area contributed by atoms with E-state index in [0.717, 1.165) is 34.6 Å². The monoisotopic (exact) mass is 298 g/mol. The van der Waals surface area contributed by atoms with Gasteiger partial charge in [-0.1, -0.05) is 37.3 Å². The molecule has 2 aromatic carbocycles. The Morgan fingerprint density at radius 3 is 2.67 bits per heavy atom. The molecule has 0 aliphatic heterocycles. The number of ether oxygens (including phenoxy) is 1. The highest BCUT2D eigenvalue weighted by Gasteiger charge is 2.14. The van der Waals surface area contributed by atoms with Crippen LogP contribution in [0.4, 0.5) is 0 Å². The topological polar surface area (TPSA) is 29.5 Å². The first-order valence-electron chi connectivity index (χ1n) is 7.16. The molecular formula is C18H18O2S. The summed E-state index contributed by atoms with van der Waals surface area (Å²) in [6, 6.07) is 15.8. The first-order chi connectivity index (χ1) is 10.3. The summed E-state index contributed by atoms with van der Waals surface area (Å²) < 4.78 is 6.72. The molecule has 0 spiro atoms. The van der Waals surface area contributed by atoms with Crippen LogP contribution < -0.4 is 4.74 Å². The van der Waals surface area contributed by atoms with Crippen molar-refractivity contribution < 1.29 is 9.84 Å². The van der Waals surface area contributed by atoms with Crippen molar-refractivity contribution in [3.05, 3.63) is 65.0 Å². The molecule has 0 aliphatic rings. The minimum atomic E-state index is -0.604. The first-order valence-corrected chi connectivity index (χ1v) is 8.04. The molecule has 3 aromatic rings. The number of benzene rings is 2. The molecule has 1 aromatic heterocycles. The van der Waals surface area contributed by atoms with Gasteiger partial charge in [0.05, 0.1) is 6.61 Å². The van der Waals surface area contributed by atoms with Crippen molar-refractivity contribution in [2.75, 3.05) is 6.61 Å². The Kier molecular flexibility index (Phi) is 4.23. The molecule has 0 saturated heterocycles. The average Bonchev–Trinajstić information content (AvgIpc) is 3.01. The SMILES string of the molecule is CCCOc1ccc(C(O)c2cccc3ccsc23)cc1. The first kappa shape index (κ1) is 14.1. The van der Waals surface area contributed by atoms with Crippen molar-refractivity contribution in [2.45, 2.75) is 19.4 Å². The zero-order valence-electron chi connectivity index (χ0n) is 12.0. The van der Waals surface area contributed by atoms with Crippen molar-refractivity contribution >= 4 is 21.4 Å². The van der Waals surface area contributed by atoms with E-state index in [4.69, 9.17) is 4.74 Å². The van der Waals surface area contributed by atoms with Crippen molar-refractivity contribution in [1.82, 2.24) is 0 Å². The summed E-state index contributed by atoms with van der Waals surface area (Å²) in [7, 11) is 0. The Morgan fingerprint density at radius 2 is 1.90 bits per heavy atom. The molecule has 0 bridgehead atoms. The molecule has 0 radical (unpaired) electrons. The van der Waals surface area contributed by atoms with Crippen LogP contribution in [0.5, 0.6) is 5.75 Å². The molecule has 3 rings (SSSR count). The van der Waals surface area contributed by atoms with Crippen molar-refractivity contribution in [3.8, 4) is 5.75 Å². The number of hydrogen-bond donors (Lipinski definition) is 1. The van der Waals surface area contributed by atoms with E-state index in [1.54, 1.807) is 11.3 Å². The molecule has 1 N–H and O–H groups in total. The summed E-state index contributed by atoms with van der Waals surface area (Å²) in [6.45, 7) is 2.80. The number of fused-ring (bicyclic) bond motifs is 1. The van der Waals surface area contributed by atoms with Gasteiger partial charge in [0.1, 0.15) is 11.9 Å². The molecular weight excluding hydrogens is 280 g/mol. The summed E-state index contributed by atoms with van der Waals surface area (Å²) >= 11 is 1.67. The van der Waals surface area contributed by atoms with Gasteiger partial charge in [-0.15, -0.1) is 11.3 Å². The molecule has 0 aliphatic carbocycles. The third-order valence-corrected chi connectivity index (χ3v) is 4.45. The van der Waals surface area contributed by atoms with Gasteiger partial charge < -0.3 is 9.84 Å². The number of aliphatic hydroxyl groups excluding tert-OH is 1. The number of rotatable bonds is 5. The maximum atomic E-state index is 10.6. The van der Waals surface area contributed by atoms with Crippen LogP contribution in [0, 0.1) is 0 Å². The average molecular weight is 298 g/mol. The molecule has 1 unspecified atom stereocenters. The molecule has 108 valence electrons. The van der Waals surface area contributed by atoms with Gasteiger partial charge in [-0.05, 0) is 40.9 Å². The molecule has 0 saturated carbocycles. The van der Waals surface area contributed by atoms with Crippen LogP contribution in [-0.2, 0) is 0 Å². The van der Waals surface area contributed by atoms with E-state index in [-0.39, 0.29) is 0 Å². The van der Waals surface area contributed by atoms with Crippen molar-refractivity contribution in [3.63, 3.8) is 0 Å². The van der Waals surface area contributed by atoms with E-state index in [9.17, 15) is 5.11 Å². The Morgan fingerprint density at radius 1 is 1.10 bits per heavy atom. The van der Waals surface area contributed by atoms with E-state index >= 15 is 0 Å². The lowest BCUT2D eigenvalue weighted by atomic mass is 10.0. The lowest BCUT2D eigenvalue weighted by Gasteiger charge is -2.13. The Labute approximate surface area is 128 Å². The van der Waals surface area contributed by atoms with Gasteiger partial charge >= 0.3 is 0 Å². The van der Waals surface area contributed by atoms with E-state index in [1.165, 1.54) is 5.39 Å². The van der Waals surface area contributed by atoms with Gasteiger partial charge in [0.15, 0.2) is 0 Å². The molecule has 1 atom stereocenters. The predicted octanol–water partition coefficient (Wildman–Crippen LogP) is 4.77. The summed E-state index contributed by atoms with van der Waals surface area (Å²) in [5.74, 6) is 0.849. The van der Waals surface area contributed by atoms with Gasteiger partial charge in [0.25, 0.3) is 0 Å². The maximum Gasteiger partial charge on any atom is 0.119 e. The third kappa shape index (κ3) is 2.94. The second-order valence-corrected chi connectivity index (χ2v) is 5.92. The zero-order chi connectivity index (χ0) is 14.7. The Balaban J connectivity index is 1.87. The van der Waals surface area contributed by atoms with E-state index < -0.39 is 6.10 Å². The van der Waals surface area contributed by atoms with Gasteiger partial charge in [0, 0.05) is 10.3 Å². The van der Waals surface area contributed by atoms with E-state index in [2.05, 4.69) is 24.4 Å². The largest absolute Gasteiger partial charge is 0.494 e. The summed E-state index contributed by atoms with van der Waals surface area (Å²) in [6.07, 6.45) is 0.387. The van der Waals surface area contributed by atoms with Gasteiger partial charge in [-0.2, -0.15) is 0 Å². The fourth-order valence-electron chi connectivity index (χ4n) is 2.38. The van der Waals surface area contributed by atoms with E-state index in [0.29, 0.717) is 0 Å². The van der Waals surface area contributed by atoms with Gasteiger partial charge in [0.2, 0.25) is 0 Å². The predicted molar refractivity (Wildman–Crippen MR) is 88.1 cm³/mol. The lowest BCUT2D eigenvalue weighted by Crippen LogP contribution is -2.00. The van der Waals surface area contributed by atoms with Crippen LogP contribution in [0.3, 0.4) is 0 Å². The summed E-state index contributed by atoms with van der Waals surface area (Å²) in [5.41, 5.74) is 1.85. The third-order valence-electron chi connectivity index (χ3n) is 3.47. The molecule has 21 heavy (non-hydrogen) atoms.